The number of carbonyl (C=O) groups is 5. The fourth-order valence-electron chi connectivity index (χ4n) is 2.74. The average molecular weight is 489 g/mol. The van der Waals surface area contributed by atoms with Crippen LogP contribution in [0.4, 0.5) is 0 Å². The van der Waals surface area contributed by atoms with E-state index in [1.165, 1.54) is 6.92 Å². The third-order valence-electron chi connectivity index (χ3n) is 4.63. The first-order valence-corrected chi connectivity index (χ1v) is 10.8. The Labute approximate surface area is 197 Å². The quantitative estimate of drug-likeness (QED) is 0.0550. The molecule has 0 spiro atoms. The van der Waals surface area contributed by atoms with Crippen molar-refractivity contribution in [2.75, 3.05) is 13.1 Å². The predicted molar refractivity (Wildman–Crippen MR) is 122 cm³/mol. The van der Waals surface area contributed by atoms with Crippen molar-refractivity contribution in [3.05, 3.63) is 0 Å². The SMILES string of the molecule is CC(NC(=O)C(N)CCCCN)C(=O)NC(CC(=O)O)C(=O)NC(CCCN=C(N)N)C(=O)O. The molecule has 0 fully saturated rings. The number of amides is 3. The number of aliphatic imine (C=N–C) groups is 1. The summed E-state index contributed by atoms with van der Waals surface area (Å²) in [4.78, 5) is 63.4. The van der Waals surface area contributed by atoms with Crippen LogP contribution in [0.3, 0.4) is 0 Å². The van der Waals surface area contributed by atoms with Gasteiger partial charge in [-0.25, -0.2) is 4.79 Å². The number of carboxylic acids is 2. The van der Waals surface area contributed by atoms with Crippen molar-refractivity contribution in [2.24, 2.45) is 27.9 Å². The maximum Gasteiger partial charge on any atom is 0.326 e. The van der Waals surface area contributed by atoms with Gasteiger partial charge in [0.15, 0.2) is 5.96 Å². The number of carboxylic acid groups (broad SMARTS) is 2. The molecule has 0 saturated heterocycles. The highest BCUT2D eigenvalue weighted by atomic mass is 16.4. The molecule has 0 bridgehead atoms. The minimum Gasteiger partial charge on any atom is -0.481 e. The number of unbranched alkanes of at least 4 members (excludes halogenated alkanes) is 1. The number of nitrogens with zero attached hydrogens (tertiary/aromatic N) is 1. The van der Waals surface area contributed by atoms with E-state index < -0.39 is 60.2 Å². The molecule has 34 heavy (non-hydrogen) atoms. The van der Waals surface area contributed by atoms with Crippen LogP contribution in [-0.4, -0.2) is 83.1 Å². The number of nitrogens with one attached hydrogen (secondary N) is 3. The minimum atomic E-state index is -1.58. The molecule has 0 aliphatic rings. The van der Waals surface area contributed by atoms with Crippen LogP contribution in [0.1, 0.15) is 45.4 Å². The fourth-order valence-corrected chi connectivity index (χ4v) is 2.74. The summed E-state index contributed by atoms with van der Waals surface area (Å²) in [7, 11) is 0. The molecule has 0 heterocycles. The highest BCUT2D eigenvalue weighted by Crippen LogP contribution is 2.03. The van der Waals surface area contributed by atoms with Gasteiger partial charge in [0.2, 0.25) is 17.7 Å². The van der Waals surface area contributed by atoms with Crippen LogP contribution >= 0.6 is 0 Å². The van der Waals surface area contributed by atoms with E-state index in [1.807, 2.05) is 0 Å². The van der Waals surface area contributed by atoms with E-state index in [4.69, 9.17) is 28.0 Å². The lowest BCUT2D eigenvalue weighted by Gasteiger charge is -2.23. The maximum absolute atomic E-state index is 12.5. The van der Waals surface area contributed by atoms with Gasteiger partial charge >= 0.3 is 11.9 Å². The second-order valence-electron chi connectivity index (χ2n) is 7.63. The number of hydrogen-bond donors (Lipinski definition) is 9. The highest BCUT2D eigenvalue weighted by molar-refractivity contribution is 5.95. The zero-order valence-corrected chi connectivity index (χ0v) is 19.2. The van der Waals surface area contributed by atoms with E-state index in [0.717, 1.165) is 0 Å². The first-order chi connectivity index (χ1) is 15.9. The zero-order chi connectivity index (χ0) is 26.3. The molecule has 0 aromatic rings. The van der Waals surface area contributed by atoms with Gasteiger partial charge in [0, 0.05) is 6.54 Å². The summed E-state index contributed by atoms with van der Waals surface area (Å²) in [5.41, 5.74) is 21.5. The lowest BCUT2D eigenvalue weighted by molar-refractivity contribution is -0.143. The summed E-state index contributed by atoms with van der Waals surface area (Å²) in [5.74, 6) is -5.38. The van der Waals surface area contributed by atoms with Gasteiger partial charge in [-0.2, -0.15) is 0 Å². The molecule has 0 aliphatic heterocycles. The summed E-state index contributed by atoms with van der Waals surface area (Å²) in [6.07, 6.45) is 1.05. The third-order valence-corrected chi connectivity index (χ3v) is 4.63. The standard InChI is InChI=1S/C19H36N8O7/c1-10(25-16(31)11(21)5-2-3-7-20)15(30)27-13(9-14(28)29)17(32)26-12(18(33)34)6-4-8-24-19(22)23/h10-13H,2-9,20-21H2,1H3,(H,25,31)(H,26,32)(H,27,30)(H,28,29)(H,33,34)(H4,22,23,24). The van der Waals surface area contributed by atoms with E-state index in [0.29, 0.717) is 25.8 Å². The van der Waals surface area contributed by atoms with E-state index in [2.05, 4.69) is 20.9 Å². The molecule has 13 N–H and O–H groups in total. The molecule has 15 nitrogen and oxygen atoms in total. The first kappa shape index (κ1) is 30.5. The molecular weight excluding hydrogens is 452 g/mol. The van der Waals surface area contributed by atoms with Crippen LogP contribution in [0, 0.1) is 0 Å². The van der Waals surface area contributed by atoms with Crippen molar-refractivity contribution in [3.63, 3.8) is 0 Å². The number of rotatable bonds is 17. The molecule has 4 unspecified atom stereocenters. The Kier molecular flexibility index (Phi) is 14.6. The summed E-state index contributed by atoms with van der Waals surface area (Å²) >= 11 is 0. The smallest absolute Gasteiger partial charge is 0.326 e. The van der Waals surface area contributed by atoms with Crippen molar-refractivity contribution in [2.45, 2.75) is 69.6 Å². The molecular formula is C19H36N8O7. The van der Waals surface area contributed by atoms with Gasteiger partial charge in [-0.3, -0.25) is 24.2 Å². The highest BCUT2D eigenvalue weighted by Gasteiger charge is 2.30. The Morgan fingerprint density at radius 1 is 0.853 bits per heavy atom. The Morgan fingerprint density at radius 2 is 1.47 bits per heavy atom. The molecule has 4 atom stereocenters. The normalized spacial score (nSPS) is 14.1. The van der Waals surface area contributed by atoms with E-state index in [9.17, 15) is 29.1 Å². The molecule has 0 aromatic heterocycles. The molecule has 0 aliphatic carbocycles. The van der Waals surface area contributed by atoms with E-state index >= 15 is 0 Å². The molecule has 15 heteroatoms. The van der Waals surface area contributed by atoms with Crippen molar-refractivity contribution >= 4 is 35.6 Å². The summed E-state index contributed by atoms with van der Waals surface area (Å²) in [6.45, 7) is 1.92. The molecule has 3 amide bonds. The van der Waals surface area contributed by atoms with Crippen LogP contribution in [-0.2, 0) is 24.0 Å². The molecule has 194 valence electrons. The number of hydrogen-bond acceptors (Lipinski definition) is 8. The van der Waals surface area contributed by atoms with Gasteiger partial charge in [-0.15, -0.1) is 0 Å². The van der Waals surface area contributed by atoms with Crippen LogP contribution in [0.15, 0.2) is 4.99 Å². The summed E-state index contributed by atoms with van der Waals surface area (Å²) in [5, 5.41) is 25.2. The van der Waals surface area contributed by atoms with Gasteiger partial charge in [0.25, 0.3) is 0 Å². The average Bonchev–Trinajstić information content (AvgIpc) is 2.74. The fraction of sp³-hybridized carbons (Fsp3) is 0.684. The van der Waals surface area contributed by atoms with Gasteiger partial charge < -0.3 is 49.1 Å². The lowest BCUT2D eigenvalue weighted by atomic mass is 10.1. The maximum atomic E-state index is 12.5. The molecule has 0 saturated carbocycles. The van der Waals surface area contributed by atoms with E-state index in [-0.39, 0.29) is 25.3 Å². The number of nitrogens with two attached hydrogens (primary N) is 4. The number of carbonyl (C=O) groups excluding carboxylic acids is 3. The zero-order valence-electron chi connectivity index (χ0n) is 19.2. The van der Waals surface area contributed by atoms with Crippen molar-refractivity contribution in [3.8, 4) is 0 Å². The van der Waals surface area contributed by atoms with Crippen molar-refractivity contribution < 1.29 is 34.2 Å². The van der Waals surface area contributed by atoms with Gasteiger partial charge in [0.1, 0.15) is 18.1 Å². The second kappa shape index (κ2) is 16.2. The summed E-state index contributed by atoms with van der Waals surface area (Å²) < 4.78 is 0. The topological polar surface area (TPSA) is 278 Å². The first-order valence-electron chi connectivity index (χ1n) is 10.8. The van der Waals surface area contributed by atoms with Gasteiger partial charge in [-0.05, 0) is 39.2 Å². The largest absolute Gasteiger partial charge is 0.481 e. The minimum absolute atomic E-state index is 0.0416. The molecule has 0 rings (SSSR count). The van der Waals surface area contributed by atoms with Crippen LogP contribution in [0.2, 0.25) is 0 Å². The monoisotopic (exact) mass is 488 g/mol. The Hall–Kier alpha value is -3.46. The predicted octanol–water partition coefficient (Wildman–Crippen LogP) is -3.47. The number of guanidine groups is 1. The lowest BCUT2D eigenvalue weighted by Crippen LogP contribution is -2.56. The van der Waals surface area contributed by atoms with Crippen molar-refractivity contribution in [1.29, 1.82) is 0 Å². The second-order valence-corrected chi connectivity index (χ2v) is 7.63. The Balaban J connectivity index is 5.04. The van der Waals surface area contributed by atoms with Crippen LogP contribution < -0.4 is 38.9 Å². The summed E-state index contributed by atoms with van der Waals surface area (Å²) in [6, 6.07) is -4.94. The Morgan fingerprint density at radius 3 is 2.00 bits per heavy atom. The molecule has 0 radical (unpaired) electrons. The van der Waals surface area contributed by atoms with Crippen molar-refractivity contribution in [1.82, 2.24) is 16.0 Å². The van der Waals surface area contributed by atoms with Crippen LogP contribution in [0.25, 0.3) is 0 Å². The molecule has 0 aromatic carbocycles. The van der Waals surface area contributed by atoms with Crippen LogP contribution in [0.5, 0.6) is 0 Å². The van der Waals surface area contributed by atoms with E-state index in [1.54, 1.807) is 0 Å². The number of aliphatic carboxylic acids is 2. The Bertz CT molecular complexity index is 742. The van der Waals surface area contributed by atoms with Gasteiger partial charge in [-0.1, -0.05) is 6.42 Å². The van der Waals surface area contributed by atoms with Gasteiger partial charge in [0.05, 0.1) is 12.5 Å². The third kappa shape index (κ3) is 13.2.